The maximum atomic E-state index is 12.7. The monoisotopic (exact) mass is 196 g/mol. The lowest BCUT2D eigenvalue weighted by Gasteiger charge is -1.99. The van der Waals surface area contributed by atoms with Gasteiger partial charge in [0.2, 0.25) is 0 Å². The van der Waals surface area contributed by atoms with Crippen LogP contribution in [0, 0.1) is 11.6 Å². The van der Waals surface area contributed by atoms with E-state index in [-0.39, 0.29) is 16.5 Å². The smallest absolute Gasteiger partial charge is 0.177 e. The quantitative estimate of drug-likeness (QED) is 0.478. The van der Waals surface area contributed by atoms with E-state index in [1.807, 2.05) is 0 Å². The van der Waals surface area contributed by atoms with E-state index < -0.39 is 11.6 Å². The van der Waals surface area contributed by atoms with Crippen LogP contribution in [0.4, 0.5) is 8.78 Å². The van der Waals surface area contributed by atoms with E-state index in [2.05, 4.69) is 0 Å². The van der Waals surface area contributed by atoms with Gasteiger partial charge in [0.15, 0.2) is 11.6 Å². The molecule has 0 unspecified atom stereocenters. The van der Waals surface area contributed by atoms with Crippen molar-refractivity contribution in [3.63, 3.8) is 0 Å². The first-order chi connectivity index (χ1) is 5.16. The Labute approximate surface area is 72.7 Å². The molecule has 0 aromatic heterocycles. The highest BCUT2D eigenvalue weighted by Crippen LogP contribution is 2.21. The van der Waals surface area contributed by atoms with Crippen molar-refractivity contribution in [1.29, 1.82) is 0 Å². The molecule has 1 aromatic rings. The van der Waals surface area contributed by atoms with Crippen molar-refractivity contribution in [2.24, 2.45) is 0 Å². The summed E-state index contributed by atoms with van der Waals surface area (Å²) in [5.41, 5.74) is 0.119. The molecule has 60 valence electrons. The minimum absolute atomic E-state index is 0.0556. The van der Waals surface area contributed by atoms with Gasteiger partial charge >= 0.3 is 0 Å². The second kappa shape index (κ2) is 3.37. The SMILES string of the molecule is Fc1c(Cl)ccc(CCl)c1F. The van der Waals surface area contributed by atoms with E-state index in [1.54, 1.807) is 0 Å². The van der Waals surface area contributed by atoms with Gasteiger partial charge in [0, 0.05) is 5.56 Å². The average molecular weight is 197 g/mol. The highest BCUT2D eigenvalue weighted by Gasteiger charge is 2.10. The van der Waals surface area contributed by atoms with Crippen LogP contribution in [0.25, 0.3) is 0 Å². The third-order valence-electron chi connectivity index (χ3n) is 1.26. The standard InChI is InChI=1S/C7H4Cl2F2/c8-3-4-1-2-5(9)7(11)6(4)10/h1-2H,3H2. The Balaban J connectivity index is 3.25. The van der Waals surface area contributed by atoms with E-state index in [1.165, 1.54) is 12.1 Å². The van der Waals surface area contributed by atoms with E-state index in [0.717, 1.165) is 0 Å². The summed E-state index contributed by atoms with van der Waals surface area (Å²) in [6.07, 6.45) is 0. The highest BCUT2D eigenvalue weighted by atomic mass is 35.5. The Morgan fingerprint density at radius 1 is 1.18 bits per heavy atom. The zero-order chi connectivity index (χ0) is 8.43. The zero-order valence-corrected chi connectivity index (χ0v) is 6.89. The molecule has 1 aromatic carbocycles. The van der Waals surface area contributed by atoms with Crippen molar-refractivity contribution >= 4 is 23.2 Å². The number of hydrogen-bond donors (Lipinski definition) is 0. The predicted molar refractivity (Wildman–Crippen MR) is 40.9 cm³/mol. The maximum Gasteiger partial charge on any atom is 0.177 e. The lowest BCUT2D eigenvalue weighted by atomic mass is 10.2. The number of hydrogen-bond acceptors (Lipinski definition) is 0. The average Bonchev–Trinajstić information content (AvgIpc) is 2.01. The summed E-state index contributed by atoms with van der Waals surface area (Å²) in [5, 5.41) is -0.226. The van der Waals surface area contributed by atoms with E-state index >= 15 is 0 Å². The van der Waals surface area contributed by atoms with Crippen LogP contribution < -0.4 is 0 Å². The van der Waals surface area contributed by atoms with Crippen LogP contribution in [-0.2, 0) is 5.88 Å². The van der Waals surface area contributed by atoms with Crippen LogP contribution in [-0.4, -0.2) is 0 Å². The van der Waals surface area contributed by atoms with Crippen molar-refractivity contribution in [3.05, 3.63) is 34.4 Å². The Morgan fingerprint density at radius 3 is 2.36 bits per heavy atom. The van der Waals surface area contributed by atoms with Crippen LogP contribution in [0.15, 0.2) is 12.1 Å². The van der Waals surface area contributed by atoms with Gasteiger partial charge in [-0.25, -0.2) is 8.78 Å². The summed E-state index contributed by atoms with van der Waals surface area (Å²) < 4.78 is 25.3. The summed E-state index contributed by atoms with van der Waals surface area (Å²) in [6.45, 7) is 0. The molecule has 11 heavy (non-hydrogen) atoms. The molecule has 4 heteroatoms. The van der Waals surface area contributed by atoms with Gasteiger partial charge < -0.3 is 0 Å². The molecule has 0 bridgehead atoms. The van der Waals surface area contributed by atoms with E-state index in [9.17, 15) is 8.78 Å². The molecule has 1 rings (SSSR count). The number of halogens is 4. The van der Waals surface area contributed by atoms with Crippen molar-refractivity contribution in [1.82, 2.24) is 0 Å². The molecule has 0 radical (unpaired) electrons. The Bertz CT molecular complexity index is 273. The van der Waals surface area contributed by atoms with Crippen LogP contribution in [0.2, 0.25) is 5.02 Å². The third-order valence-corrected chi connectivity index (χ3v) is 1.84. The predicted octanol–water partition coefficient (Wildman–Crippen LogP) is 3.36. The molecule has 0 atom stereocenters. The first-order valence-electron chi connectivity index (χ1n) is 2.85. The summed E-state index contributed by atoms with van der Waals surface area (Å²) in [4.78, 5) is 0. The molecule has 0 aliphatic heterocycles. The number of alkyl halides is 1. The second-order valence-electron chi connectivity index (χ2n) is 1.97. The molecule has 0 spiro atoms. The molecular weight excluding hydrogens is 193 g/mol. The summed E-state index contributed by atoms with van der Waals surface area (Å²) >= 11 is 10.6. The fourth-order valence-electron chi connectivity index (χ4n) is 0.669. The van der Waals surface area contributed by atoms with Crippen molar-refractivity contribution in [2.75, 3.05) is 0 Å². The van der Waals surface area contributed by atoms with Crippen LogP contribution >= 0.6 is 23.2 Å². The van der Waals surface area contributed by atoms with Gasteiger partial charge in [0.05, 0.1) is 10.9 Å². The van der Waals surface area contributed by atoms with E-state index in [0.29, 0.717) is 0 Å². The molecule has 0 nitrogen and oxygen atoms in total. The topological polar surface area (TPSA) is 0 Å². The van der Waals surface area contributed by atoms with Gasteiger partial charge in [-0.15, -0.1) is 11.6 Å². The third kappa shape index (κ3) is 1.63. The fraction of sp³-hybridized carbons (Fsp3) is 0.143. The molecule has 0 fully saturated rings. The van der Waals surface area contributed by atoms with Crippen molar-refractivity contribution in [2.45, 2.75) is 5.88 Å². The van der Waals surface area contributed by atoms with Crippen LogP contribution in [0.1, 0.15) is 5.56 Å². The van der Waals surface area contributed by atoms with Gasteiger partial charge in [-0.1, -0.05) is 17.7 Å². The molecule has 0 saturated heterocycles. The van der Waals surface area contributed by atoms with Gasteiger partial charge in [-0.2, -0.15) is 0 Å². The minimum atomic E-state index is -1.04. The van der Waals surface area contributed by atoms with Crippen LogP contribution in [0.3, 0.4) is 0 Å². The van der Waals surface area contributed by atoms with E-state index in [4.69, 9.17) is 23.2 Å². The first kappa shape index (κ1) is 8.75. The summed E-state index contributed by atoms with van der Waals surface area (Å²) in [7, 11) is 0. The zero-order valence-electron chi connectivity index (χ0n) is 5.37. The normalized spacial score (nSPS) is 10.2. The molecule has 0 saturated carbocycles. The van der Waals surface area contributed by atoms with Gasteiger partial charge in [-0.05, 0) is 6.07 Å². The lowest BCUT2D eigenvalue weighted by molar-refractivity contribution is 0.502. The Kier molecular flexibility index (Phi) is 2.68. The van der Waals surface area contributed by atoms with Gasteiger partial charge in [-0.3, -0.25) is 0 Å². The lowest BCUT2D eigenvalue weighted by Crippen LogP contribution is -1.91. The first-order valence-corrected chi connectivity index (χ1v) is 3.76. The van der Waals surface area contributed by atoms with Crippen LogP contribution in [0.5, 0.6) is 0 Å². The maximum absolute atomic E-state index is 12.7. The Hall–Kier alpha value is -0.340. The van der Waals surface area contributed by atoms with Gasteiger partial charge in [0.25, 0.3) is 0 Å². The van der Waals surface area contributed by atoms with Crippen molar-refractivity contribution in [3.8, 4) is 0 Å². The number of rotatable bonds is 1. The van der Waals surface area contributed by atoms with Gasteiger partial charge in [0.1, 0.15) is 0 Å². The summed E-state index contributed by atoms with van der Waals surface area (Å²) in [6, 6.07) is 2.63. The molecule has 0 N–H and O–H groups in total. The molecule has 0 amide bonds. The second-order valence-corrected chi connectivity index (χ2v) is 2.64. The Morgan fingerprint density at radius 2 is 1.82 bits per heavy atom. The molecule has 0 heterocycles. The number of benzene rings is 1. The fourth-order valence-corrected chi connectivity index (χ4v) is 1.02. The summed E-state index contributed by atoms with van der Waals surface area (Å²) in [5.74, 6) is -2.06. The minimum Gasteiger partial charge on any atom is -0.203 e. The molecular formula is C7H4Cl2F2. The largest absolute Gasteiger partial charge is 0.203 e. The van der Waals surface area contributed by atoms with Crippen molar-refractivity contribution < 1.29 is 8.78 Å². The molecule has 0 aliphatic carbocycles. The highest BCUT2D eigenvalue weighted by molar-refractivity contribution is 6.30. The molecule has 0 aliphatic rings.